The fraction of sp³-hybridized carbons (Fsp3) is 0.533. The first kappa shape index (κ1) is 15.8. The summed E-state index contributed by atoms with van der Waals surface area (Å²) in [5.74, 6) is -0.652. The maximum atomic E-state index is 12.5. The number of aromatic nitrogens is 1. The first-order chi connectivity index (χ1) is 9.78. The minimum Gasteiger partial charge on any atom is -0.458 e. The smallest absolute Gasteiger partial charge is 0.329 e. The Hall–Kier alpha value is -1.62. The summed E-state index contributed by atoms with van der Waals surface area (Å²) in [5.41, 5.74) is -0.319. The summed E-state index contributed by atoms with van der Waals surface area (Å²) < 4.78 is 5.38. The van der Waals surface area contributed by atoms with Gasteiger partial charge in [0, 0.05) is 17.8 Å². The molecular weight excluding hydrogens is 292 g/mol. The first-order valence-electron chi connectivity index (χ1n) is 6.93. The van der Waals surface area contributed by atoms with Gasteiger partial charge in [-0.1, -0.05) is 11.6 Å². The second kappa shape index (κ2) is 6.02. The van der Waals surface area contributed by atoms with E-state index in [1.807, 2.05) is 20.8 Å². The van der Waals surface area contributed by atoms with Crippen molar-refractivity contribution in [2.45, 2.75) is 45.3 Å². The number of carbonyl (C=O) groups is 2. The van der Waals surface area contributed by atoms with Crippen molar-refractivity contribution >= 4 is 23.5 Å². The zero-order chi connectivity index (χ0) is 15.6. The number of hydrogen-bond donors (Lipinski definition) is 0. The number of halogens is 1. The SMILES string of the molecule is CC(C)(C)OC(=O)[C@@H]1CCCN1C(=O)c1cc(Cl)ccn1. The average molecular weight is 311 g/mol. The second-order valence-electron chi connectivity index (χ2n) is 6.05. The van der Waals surface area contributed by atoms with E-state index in [-0.39, 0.29) is 17.6 Å². The van der Waals surface area contributed by atoms with Crippen molar-refractivity contribution in [1.29, 1.82) is 0 Å². The molecule has 0 bridgehead atoms. The van der Waals surface area contributed by atoms with Crippen LogP contribution in [0.5, 0.6) is 0 Å². The number of esters is 1. The molecule has 1 saturated heterocycles. The number of nitrogens with zero attached hydrogens (tertiary/aromatic N) is 2. The summed E-state index contributed by atoms with van der Waals surface area (Å²) in [6.07, 6.45) is 2.87. The first-order valence-corrected chi connectivity index (χ1v) is 7.31. The quantitative estimate of drug-likeness (QED) is 0.788. The van der Waals surface area contributed by atoms with Gasteiger partial charge in [0.2, 0.25) is 0 Å². The molecule has 114 valence electrons. The Morgan fingerprint density at radius 3 is 2.76 bits per heavy atom. The molecule has 1 amide bonds. The lowest BCUT2D eigenvalue weighted by Crippen LogP contribution is -2.43. The maximum absolute atomic E-state index is 12.5. The number of hydrogen-bond acceptors (Lipinski definition) is 4. The molecule has 1 atom stereocenters. The fourth-order valence-corrected chi connectivity index (χ4v) is 2.45. The van der Waals surface area contributed by atoms with Crippen LogP contribution in [-0.4, -0.2) is 39.9 Å². The highest BCUT2D eigenvalue weighted by Crippen LogP contribution is 2.23. The van der Waals surface area contributed by atoms with Crippen molar-refractivity contribution in [3.05, 3.63) is 29.0 Å². The van der Waals surface area contributed by atoms with Gasteiger partial charge >= 0.3 is 5.97 Å². The monoisotopic (exact) mass is 310 g/mol. The van der Waals surface area contributed by atoms with Crippen molar-refractivity contribution in [3.63, 3.8) is 0 Å². The van der Waals surface area contributed by atoms with Gasteiger partial charge in [-0.25, -0.2) is 4.79 Å². The molecule has 0 aliphatic carbocycles. The van der Waals surface area contributed by atoms with Gasteiger partial charge in [0.1, 0.15) is 17.3 Å². The predicted molar refractivity (Wildman–Crippen MR) is 79.2 cm³/mol. The number of carbonyl (C=O) groups excluding carboxylic acids is 2. The third-order valence-electron chi connectivity index (χ3n) is 3.13. The molecule has 0 N–H and O–H groups in total. The van der Waals surface area contributed by atoms with E-state index in [0.29, 0.717) is 18.0 Å². The van der Waals surface area contributed by atoms with Gasteiger partial charge in [0.25, 0.3) is 5.91 Å². The summed E-state index contributed by atoms with van der Waals surface area (Å²) in [6, 6.07) is 2.57. The molecular formula is C15H19ClN2O3. The van der Waals surface area contributed by atoms with Crippen LogP contribution in [-0.2, 0) is 9.53 Å². The highest BCUT2D eigenvalue weighted by molar-refractivity contribution is 6.30. The molecule has 5 nitrogen and oxygen atoms in total. The standard InChI is InChI=1S/C15H19ClN2O3/c1-15(2,3)21-14(20)12-5-4-8-18(12)13(19)11-9-10(16)6-7-17-11/h6-7,9,12H,4-5,8H2,1-3H3/t12-/m0/s1. The summed E-state index contributed by atoms with van der Waals surface area (Å²) in [7, 11) is 0. The zero-order valence-corrected chi connectivity index (χ0v) is 13.2. The number of ether oxygens (including phenoxy) is 1. The molecule has 6 heteroatoms. The molecule has 2 rings (SSSR count). The minimum atomic E-state index is -0.567. The van der Waals surface area contributed by atoms with Crippen LogP contribution >= 0.6 is 11.6 Å². The van der Waals surface area contributed by atoms with Gasteiger partial charge in [-0.3, -0.25) is 9.78 Å². The second-order valence-corrected chi connectivity index (χ2v) is 6.49. The van der Waals surface area contributed by atoms with Crippen molar-refractivity contribution in [2.75, 3.05) is 6.54 Å². The van der Waals surface area contributed by atoms with Crippen molar-refractivity contribution in [3.8, 4) is 0 Å². The Morgan fingerprint density at radius 2 is 2.14 bits per heavy atom. The van der Waals surface area contributed by atoms with Gasteiger partial charge in [0.15, 0.2) is 0 Å². The van der Waals surface area contributed by atoms with Gasteiger partial charge in [0.05, 0.1) is 0 Å². The molecule has 1 aromatic heterocycles. The molecule has 0 aromatic carbocycles. The normalized spacial score (nSPS) is 18.7. The summed E-state index contributed by atoms with van der Waals surface area (Å²) in [4.78, 5) is 30.2. The lowest BCUT2D eigenvalue weighted by Gasteiger charge is -2.27. The molecule has 0 saturated carbocycles. The van der Waals surface area contributed by atoms with Gasteiger partial charge in [-0.2, -0.15) is 0 Å². The van der Waals surface area contributed by atoms with Crippen LogP contribution in [0.15, 0.2) is 18.3 Å². The number of rotatable bonds is 2. The summed E-state index contributed by atoms with van der Waals surface area (Å²) in [5, 5.41) is 0.446. The molecule has 0 spiro atoms. The minimum absolute atomic E-state index is 0.248. The Balaban J connectivity index is 2.15. The van der Waals surface area contributed by atoms with Gasteiger partial charge < -0.3 is 9.64 Å². The van der Waals surface area contributed by atoms with E-state index in [4.69, 9.17) is 16.3 Å². The van der Waals surface area contributed by atoms with Crippen LogP contribution in [0.1, 0.15) is 44.1 Å². The van der Waals surface area contributed by atoms with Crippen LogP contribution in [0.3, 0.4) is 0 Å². The summed E-state index contributed by atoms with van der Waals surface area (Å²) in [6.45, 7) is 5.95. The van der Waals surface area contributed by atoms with E-state index in [9.17, 15) is 9.59 Å². The summed E-state index contributed by atoms with van der Waals surface area (Å²) >= 11 is 5.88. The lowest BCUT2D eigenvalue weighted by atomic mass is 10.1. The van der Waals surface area contributed by atoms with Crippen molar-refractivity contribution in [1.82, 2.24) is 9.88 Å². The highest BCUT2D eigenvalue weighted by Gasteiger charge is 2.37. The molecule has 1 aliphatic rings. The Morgan fingerprint density at radius 1 is 1.43 bits per heavy atom. The third kappa shape index (κ3) is 3.94. The Labute approximate surface area is 129 Å². The molecule has 1 aromatic rings. The van der Waals surface area contributed by atoms with E-state index in [1.165, 1.54) is 17.2 Å². The molecule has 21 heavy (non-hydrogen) atoms. The number of amides is 1. The fourth-order valence-electron chi connectivity index (χ4n) is 2.29. The number of pyridine rings is 1. The Kier molecular flexibility index (Phi) is 4.52. The zero-order valence-electron chi connectivity index (χ0n) is 12.4. The van der Waals surface area contributed by atoms with Crippen molar-refractivity contribution < 1.29 is 14.3 Å². The lowest BCUT2D eigenvalue weighted by molar-refractivity contribution is -0.159. The average Bonchev–Trinajstić information content (AvgIpc) is 2.85. The van der Waals surface area contributed by atoms with Crippen molar-refractivity contribution in [2.24, 2.45) is 0 Å². The van der Waals surface area contributed by atoms with Crippen LogP contribution in [0.2, 0.25) is 5.02 Å². The largest absolute Gasteiger partial charge is 0.458 e. The van der Waals surface area contributed by atoms with E-state index in [0.717, 1.165) is 6.42 Å². The molecule has 0 radical (unpaired) electrons. The molecule has 0 unspecified atom stereocenters. The Bertz CT molecular complexity index is 554. The number of likely N-dealkylation sites (tertiary alicyclic amines) is 1. The van der Waals surface area contributed by atoms with Crippen LogP contribution in [0.25, 0.3) is 0 Å². The van der Waals surface area contributed by atoms with E-state index in [2.05, 4.69) is 4.98 Å². The third-order valence-corrected chi connectivity index (χ3v) is 3.37. The maximum Gasteiger partial charge on any atom is 0.329 e. The van der Waals surface area contributed by atoms with Gasteiger partial charge in [-0.15, -0.1) is 0 Å². The van der Waals surface area contributed by atoms with Crippen LogP contribution in [0.4, 0.5) is 0 Å². The molecule has 1 aliphatic heterocycles. The van der Waals surface area contributed by atoms with E-state index < -0.39 is 11.6 Å². The topological polar surface area (TPSA) is 59.5 Å². The predicted octanol–water partition coefficient (Wildman–Crippen LogP) is 2.68. The molecule has 1 fully saturated rings. The van der Waals surface area contributed by atoms with E-state index in [1.54, 1.807) is 6.07 Å². The van der Waals surface area contributed by atoms with Crippen LogP contribution in [0, 0.1) is 0 Å². The van der Waals surface area contributed by atoms with E-state index >= 15 is 0 Å². The van der Waals surface area contributed by atoms with Gasteiger partial charge in [-0.05, 0) is 45.7 Å². The van der Waals surface area contributed by atoms with Crippen LogP contribution < -0.4 is 0 Å². The molecule has 2 heterocycles. The highest BCUT2D eigenvalue weighted by atomic mass is 35.5.